The molecule has 0 saturated heterocycles. The highest BCUT2D eigenvalue weighted by Gasteiger charge is 2.18. The molecule has 0 aliphatic carbocycles. The van der Waals surface area contributed by atoms with E-state index in [1.165, 1.54) is 0 Å². The third-order valence-corrected chi connectivity index (χ3v) is 3.58. The number of ether oxygens (including phenoxy) is 2. The summed E-state index contributed by atoms with van der Waals surface area (Å²) >= 11 is 0. The van der Waals surface area contributed by atoms with Crippen molar-refractivity contribution in [1.82, 2.24) is 14.5 Å². The van der Waals surface area contributed by atoms with E-state index in [1.54, 1.807) is 12.4 Å². The standard InChI is InChI=1S/C16H12N4O2/c17-3-6-20-13-10-15-14(21-7-8-22-15)9-12(13)19-16(20)11-1-4-18-5-2-11/h1-2,4-5,9-10H,6-8H2. The van der Waals surface area contributed by atoms with Gasteiger partial charge in [0, 0.05) is 30.1 Å². The van der Waals surface area contributed by atoms with Crippen LogP contribution in [0.15, 0.2) is 36.7 Å². The second-order valence-electron chi connectivity index (χ2n) is 4.90. The lowest BCUT2D eigenvalue weighted by atomic mass is 10.2. The molecule has 1 aliphatic heterocycles. The summed E-state index contributed by atoms with van der Waals surface area (Å²) in [6.07, 6.45) is 3.42. The second-order valence-corrected chi connectivity index (χ2v) is 4.90. The van der Waals surface area contributed by atoms with E-state index in [1.807, 2.05) is 28.8 Å². The molecule has 0 amide bonds. The highest BCUT2D eigenvalue weighted by molar-refractivity contribution is 5.84. The lowest BCUT2D eigenvalue weighted by molar-refractivity contribution is 0.172. The monoisotopic (exact) mass is 292 g/mol. The molecule has 0 atom stereocenters. The van der Waals surface area contributed by atoms with Gasteiger partial charge in [-0.25, -0.2) is 4.98 Å². The second kappa shape index (κ2) is 5.04. The molecule has 22 heavy (non-hydrogen) atoms. The molecule has 108 valence electrons. The molecule has 0 radical (unpaired) electrons. The number of nitrogens with zero attached hydrogens (tertiary/aromatic N) is 4. The van der Waals surface area contributed by atoms with Crippen LogP contribution in [0.2, 0.25) is 0 Å². The fraction of sp³-hybridized carbons (Fsp3) is 0.188. The first-order valence-corrected chi connectivity index (χ1v) is 6.94. The van der Waals surface area contributed by atoms with Gasteiger partial charge in [-0.2, -0.15) is 5.26 Å². The Bertz CT molecular complexity index is 881. The van der Waals surface area contributed by atoms with Crippen molar-refractivity contribution in [3.63, 3.8) is 0 Å². The Balaban J connectivity index is 1.97. The van der Waals surface area contributed by atoms with Gasteiger partial charge in [-0.05, 0) is 12.1 Å². The van der Waals surface area contributed by atoms with Gasteiger partial charge in [0.2, 0.25) is 0 Å². The SMILES string of the molecule is N#CCn1c(-c2ccncc2)nc2cc3c(cc21)OCCO3. The van der Waals surface area contributed by atoms with Crippen LogP contribution in [0.5, 0.6) is 11.5 Å². The molecular formula is C16H12N4O2. The van der Waals surface area contributed by atoms with Crippen LogP contribution < -0.4 is 9.47 Å². The number of rotatable bonds is 2. The number of hydrogen-bond donors (Lipinski definition) is 0. The van der Waals surface area contributed by atoms with Gasteiger partial charge in [-0.3, -0.25) is 4.98 Å². The first-order chi connectivity index (χ1) is 10.9. The maximum atomic E-state index is 9.14. The van der Waals surface area contributed by atoms with Crippen molar-refractivity contribution in [1.29, 1.82) is 5.26 Å². The molecular weight excluding hydrogens is 280 g/mol. The molecule has 0 saturated carbocycles. The summed E-state index contributed by atoms with van der Waals surface area (Å²) in [6.45, 7) is 1.28. The van der Waals surface area contributed by atoms with Crippen LogP contribution in [0.3, 0.4) is 0 Å². The van der Waals surface area contributed by atoms with Crippen molar-refractivity contribution >= 4 is 11.0 Å². The average Bonchev–Trinajstić information content (AvgIpc) is 2.92. The molecule has 0 N–H and O–H groups in total. The summed E-state index contributed by atoms with van der Waals surface area (Å²) in [4.78, 5) is 8.68. The topological polar surface area (TPSA) is 73.0 Å². The Morgan fingerprint density at radius 1 is 1.14 bits per heavy atom. The number of pyridine rings is 1. The van der Waals surface area contributed by atoms with Gasteiger partial charge in [0.25, 0.3) is 0 Å². The lowest BCUT2D eigenvalue weighted by Gasteiger charge is -2.18. The Hall–Kier alpha value is -3.07. The maximum absolute atomic E-state index is 9.14. The normalized spacial score (nSPS) is 13.0. The van der Waals surface area contributed by atoms with Crippen LogP contribution in [-0.4, -0.2) is 27.7 Å². The van der Waals surface area contributed by atoms with Crippen molar-refractivity contribution in [2.45, 2.75) is 6.54 Å². The van der Waals surface area contributed by atoms with Crippen molar-refractivity contribution < 1.29 is 9.47 Å². The summed E-state index contributed by atoms with van der Waals surface area (Å²) < 4.78 is 13.1. The molecule has 3 heterocycles. The highest BCUT2D eigenvalue weighted by Crippen LogP contribution is 2.36. The van der Waals surface area contributed by atoms with E-state index in [0.717, 1.165) is 22.4 Å². The Kier molecular flexibility index (Phi) is 2.90. The van der Waals surface area contributed by atoms with Gasteiger partial charge in [0.05, 0.1) is 17.1 Å². The molecule has 4 rings (SSSR count). The van der Waals surface area contributed by atoms with Crippen LogP contribution in [-0.2, 0) is 6.54 Å². The summed E-state index contributed by atoms with van der Waals surface area (Å²) in [5, 5.41) is 9.14. The molecule has 0 fully saturated rings. The first kappa shape index (κ1) is 12.7. The summed E-state index contributed by atoms with van der Waals surface area (Å²) in [6, 6.07) is 9.69. The van der Waals surface area contributed by atoms with Gasteiger partial charge in [0.15, 0.2) is 11.5 Å². The highest BCUT2D eigenvalue weighted by atomic mass is 16.6. The Morgan fingerprint density at radius 2 is 1.86 bits per heavy atom. The van der Waals surface area contributed by atoms with E-state index < -0.39 is 0 Å². The number of hydrogen-bond acceptors (Lipinski definition) is 5. The van der Waals surface area contributed by atoms with Crippen LogP contribution in [0.1, 0.15) is 0 Å². The zero-order valence-corrected chi connectivity index (χ0v) is 11.7. The zero-order chi connectivity index (χ0) is 14.9. The van der Waals surface area contributed by atoms with Gasteiger partial charge in [-0.1, -0.05) is 0 Å². The van der Waals surface area contributed by atoms with Crippen LogP contribution in [0.4, 0.5) is 0 Å². The smallest absolute Gasteiger partial charge is 0.163 e. The number of benzene rings is 1. The van der Waals surface area contributed by atoms with E-state index in [-0.39, 0.29) is 6.54 Å². The summed E-state index contributed by atoms with van der Waals surface area (Å²) in [5.74, 6) is 2.13. The third kappa shape index (κ3) is 1.95. The fourth-order valence-electron chi connectivity index (χ4n) is 2.61. The minimum Gasteiger partial charge on any atom is -0.486 e. The predicted molar refractivity (Wildman–Crippen MR) is 79.6 cm³/mol. The van der Waals surface area contributed by atoms with E-state index in [0.29, 0.717) is 24.7 Å². The molecule has 6 nitrogen and oxygen atoms in total. The van der Waals surface area contributed by atoms with E-state index in [2.05, 4.69) is 16.0 Å². The minimum absolute atomic E-state index is 0.216. The Labute approximate surface area is 126 Å². The average molecular weight is 292 g/mol. The van der Waals surface area contributed by atoms with Crippen molar-refractivity contribution in [3.8, 4) is 29.0 Å². The summed E-state index contributed by atoms with van der Waals surface area (Å²) in [5.41, 5.74) is 2.56. The Morgan fingerprint density at radius 3 is 2.59 bits per heavy atom. The zero-order valence-electron chi connectivity index (χ0n) is 11.7. The van der Waals surface area contributed by atoms with Crippen molar-refractivity contribution in [3.05, 3.63) is 36.7 Å². The number of aromatic nitrogens is 3. The summed E-state index contributed by atoms with van der Waals surface area (Å²) in [7, 11) is 0. The molecule has 3 aromatic rings. The lowest BCUT2D eigenvalue weighted by Crippen LogP contribution is -2.15. The van der Waals surface area contributed by atoms with Gasteiger partial charge in [0.1, 0.15) is 25.6 Å². The molecule has 0 unspecified atom stereocenters. The van der Waals surface area contributed by atoms with Gasteiger partial charge >= 0.3 is 0 Å². The molecule has 1 aromatic carbocycles. The van der Waals surface area contributed by atoms with Gasteiger partial charge in [-0.15, -0.1) is 0 Å². The quantitative estimate of drug-likeness (QED) is 0.725. The molecule has 1 aliphatic rings. The van der Waals surface area contributed by atoms with Crippen LogP contribution >= 0.6 is 0 Å². The van der Waals surface area contributed by atoms with Gasteiger partial charge < -0.3 is 14.0 Å². The predicted octanol–water partition coefficient (Wildman–Crippen LogP) is 2.39. The minimum atomic E-state index is 0.216. The fourth-order valence-corrected chi connectivity index (χ4v) is 2.61. The largest absolute Gasteiger partial charge is 0.486 e. The van der Waals surface area contributed by atoms with E-state index >= 15 is 0 Å². The number of fused-ring (bicyclic) bond motifs is 2. The molecule has 0 spiro atoms. The van der Waals surface area contributed by atoms with Crippen molar-refractivity contribution in [2.24, 2.45) is 0 Å². The van der Waals surface area contributed by atoms with Crippen molar-refractivity contribution in [2.75, 3.05) is 13.2 Å². The molecule has 0 bridgehead atoms. The molecule has 2 aromatic heterocycles. The number of imidazole rings is 1. The molecule has 6 heteroatoms. The number of nitriles is 1. The first-order valence-electron chi connectivity index (χ1n) is 6.94. The van der Waals surface area contributed by atoms with Crippen LogP contribution in [0, 0.1) is 11.3 Å². The van der Waals surface area contributed by atoms with E-state index in [9.17, 15) is 0 Å². The van der Waals surface area contributed by atoms with Crippen LogP contribution in [0.25, 0.3) is 22.4 Å². The maximum Gasteiger partial charge on any atom is 0.163 e. The third-order valence-electron chi connectivity index (χ3n) is 3.58. The van der Waals surface area contributed by atoms with E-state index in [4.69, 9.17) is 14.7 Å².